The summed E-state index contributed by atoms with van der Waals surface area (Å²) in [5.41, 5.74) is 6.74. The predicted octanol–water partition coefficient (Wildman–Crippen LogP) is 3.13. The lowest BCUT2D eigenvalue weighted by atomic mass is 9.72. The van der Waals surface area contributed by atoms with E-state index in [1.165, 1.54) is 0 Å². The minimum absolute atomic E-state index is 0.198. The van der Waals surface area contributed by atoms with Gasteiger partial charge in [0.25, 0.3) is 0 Å². The van der Waals surface area contributed by atoms with Crippen molar-refractivity contribution in [2.75, 3.05) is 0 Å². The van der Waals surface area contributed by atoms with Crippen molar-refractivity contribution >= 4 is 11.6 Å². The van der Waals surface area contributed by atoms with Crippen LogP contribution in [0.2, 0.25) is 5.02 Å². The van der Waals surface area contributed by atoms with Crippen LogP contribution in [0.5, 0.6) is 0 Å². The van der Waals surface area contributed by atoms with Crippen molar-refractivity contribution in [1.82, 2.24) is 0 Å². The van der Waals surface area contributed by atoms with Crippen LogP contribution in [0.15, 0.2) is 12.1 Å². The second kappa shape index (κ2) is 3.21. The van der Waals surface area contributed by atoms with Crippen LogP contribution in [0.1, 0.15) is 30.4 Å². The van der Waals surface area contributed by atoms with Gasteiger partial charge in [-0.15, -0.1) is 0 Å². The molecule has 0 aliphatic heterocycles. The lowest BCUT2D eigenvalue weighted by molar-refractivity contribution is 0.245. The van der Waals surface area contributed by atoms with Gasteiger partial charge >= 0.3 is 0 Å². The van der Waals surface area contributed by atoms with E-state index in [0.717, 1.165) is 19.3 Å². The van der Waals surface area contributed by atoms with E-state index in [2.05, 4.69) is 0 Å². The zero-order chi connectivity index (χ0) is 10.3. The van der Waals surface area contributed by atoms with Gasteiger partial charge in [0.15, 0.2) is 0 Å². The maximum Gasteiger partial charge on any atom is 0.131 e. The first-order valence-corrected chi connectivity index (χ1v) is 5.16. The zero-order valence-corrected chi connectivity index (χ0v) is 8.87. The molecule has 3 heteroatoms. The van der Waals surface area contributed by atoms with Crippen LogP contribution in [0.25, 0.3) is 0 Å². The Bertz CT molecular complexity index is 372. The summed E-state index contributed by atoms with van der Waals surface area (Å²) in [5, 5.41) is 0.565. The SMILES string of the molecule is Cc1cc(Cl)cc(C2(N)CCC2)c1F. The Morgan fingerprint density at radius 2 is 2.07 bits per heavy atom. The zero-order valence-electron chi connectivity index (χ0n) is 8.11. The summed E-state index contributed by atoms with van der Waals surface area (Å²) in [6.07, 6.45) is 2.77. The van der Waals surface area contributed by atoms with Gasteiger partial charge in [0, 0.05) is 16.1 Å². The van der Waals surface area contributed by atoms with Crippen LogP contribution in [-0.4, -0.2) is 0 Å². The lowest BCUT2D eigenvalue weighted by Crippen LogP contribution is -2.44. The first-order chi connectivity index (χ1) is 6.53. The summed E-state index contributed by atoms with van der Waals surface area (Å²) < 4.78 is 13.8. The van der Waals surface area contributed by atoms with E-state index >= 15 is 0 Å². The number of hydrogen-bond acceptors (Lipinski definition) is 1. The molecular weight excluding hydrogens is 201 g/mol. The monoisotopic (exact) mass is 213 g/mol. The molecule has 0 unspecified atom stereocenters. The summed E-state index contributed by atoms with van der Waals surface area (Å²) >= 11 is 5.89. The first kappa shape index (κ1) is 9.94. The highest BCUT2D eigenvalue weighted by Crippen LogP contribution is 2.41. The van der Waals surface area contributed by atoms with E-state index < -0.39 is 5.54 Å². The molecule has 0 spiro atoms. The fourth-order valence-electron chi connectivity index (χ4n) is 1.91. The molecular formula is C11H13ClFN. The highest BCUT2D eigenvalue weighted by molar-refractivity contribution is 6.30. The molecule has 1 aromatic rings. The second-order valence-electron chi connectivity index (χ2n) is 4.09. The number of aryl methyl sites for hydroxylation is 1. The molecule has 0 radical (unpaired) electrons. The molecule has 1 fully saturated rings. The molecule has 1 aliphatic carbocycles. The van der Waals surface area contributed by atoms with Crippen molar-refractivity contribution < 1.29 is 4.39 Å². The van der Waals surface area contributed by atoms with Gasteiger partial charge < -0.3 is 5.73 Å². The summed E-state index contributed by atoms with van der Waals surface area (Å²) in [6, 6.07) is 3.28. The van der Waals surface area contributed by atoms with Gasteiger partial charge in [0.05, 0.1) is 0 Å². The molecule has 0 amide bonds. The fraction of sp³-hybridized carbons (Fsp3) is 0.455. The van der Waals surface area contributed by atoms with Gasteiger partial charge in [-0.3, -0.25) is 0 Å². The molecule has 1 aliphatic rings. The number of hydrogen-bond donors (Lipinski definition) is 1. The van der Waals surface area contributed by atoms with Crippen molar-refractivity contribution in [3.05, 3.63) is 34.1 Å². The van der Waals surface area contributed by atoms with Crippen LogP contribution < -0.4 is 5.73 Å². The van der Waals surface area contributed by atoms with Gasteiger partial charge in [0.1, 0.15) is 5.82 Å². The van der Waals surface area contributed by atoms with Gasteiger partial charge in [-0.25, -0.2) is 4.39 Å². The molecule has 76 valence electrons. The van der Waals surface area contributed by atoms with Gasteiger partial charge in [-0.05, 0) is 43.9 Å². The molecule has 0 saturated heterocycles. The van der Waals surface area contributed by atoms with E-state index in [1.54, 1.807) is 19.1 Å². The Labute approximate surface area is 88.1 Å². The van der Waals surface area contributed by atoms with Gasteiger partial charge in [-0.1, -0.05) is 11.6 Å². The molecule has 0 heterocycles. The average molecular weight is 214 g/mol. The molecule has 1 aromatic carbocycles. The Morgan fingerprint density at radius 3 is 2.57 bits per heavy atom. The fourth-order valence-corrected chi connectivity index (χ4v) is 2.19. The third-order valence-electron chi connectivity index (χ3n) is 3.00. The van der Waals surface area contributed by atoms with E-state index in [9.17, 15) is 4.39 Å². The summed E-state index contributed by atoms with van der Waals surface area (Å²) in [5.74, 6) is -0.198. The normalized spacial score (nSPS) is 19.1. The molecule has 2 N–H and O–H groups in total. The van der Waals surface area contributed by atoms with Crippen molar-refractivity contribution in [3.63, 3.8) is 0 Å². The molecule has 0 atom stereocenters. The molecule has 0 aromatic heterocycles. The second-order valence-corrected chi connectivity index (χ2v) is 4.53. The van der Waals surface area contributed by atoms with Crippen LogP contribution in [-0.2, 0) is 5.54 Å². The van der Waals surface area contributed by atoms with E-state index in [1.807, 2.05) is 0 Å². The van der Waals surface area contributed by atoms with Crippen molar-refractivity contribution in [2.24, 2.45) is 5.73 Å². The van der Waals surface area contributed by atoms with Gasteiger partial charge in [0.2, 0.25) is 0 Å². The highest BCUT2D eigenvalue weighted by Gasteiger charge is 2.37. The summed E-state index contributed by atoms with van der Waals surface area (Å²) in [7, 11) is 0. The minimum Gasteiger partial charge on any atom is -0.321 e. The summed E-state index contributed by atoms with van der Waals surface area (Å²) in [6.45, 7) is 1.72. The largest absolute Gasteiger partial charge is 0.321 e. The number of benzene rings is 1. The third-order valence-corrected chi connectivity index (χ3v) is 3.22. The molecule has 0 bridgehead atoms. The maximum atomic E-state index is 13.8. The summed E-state index contributed by atoms with van der Waals surface area (Å²) in [4.78, 5) is 0. The predicted molar refractivity (Wildman–Crippen MR) is 55.9 cm³/mol. The third kappa shape index (κ3) is 1.43. The molecule has 14 heavy (non-hydrogen) atoms. The number of nitrogens with two attached hydrogens (primary N) is 1. The van der Waals surface area contributed by atoms with Crippen LogP contribution in [0.3, 0.4) is 0 Å². The number of halogens is 2. The Balaban J connectivity index is 2.51. The topological polar surface area (TPSA) is 26.0 Å². The van der Waals surface area contributed by atoms with Crippen molar-refractivity contribution in [1.29, 1.82) is 0 Å². The maximum absolute atomic E-state index is 13.8. The molecule has 1 nitrogen and oxygen atoms in total. The van der Waals surface area contributed by atoms with Crippen LogP contribution >= 0.6 is 11.6 Å². The highest BCUT2D eigenvalue weighted by atomic mass is 35.5. The van der Waals surface area contributed by atoms with E-state index in [0.29, 0.717) is 16.1 Å². The average Bonchev–Trinajstić information content (AvgIpc) is 2.07. The Morgan fingerprint density at radius 1 is 1.43 bits per heavy atom. The van der Waals surface area contributed by atoms with Crippen molar-refractivity contribution in [3.8, 4) is 0 Å². The standard InChI is InChI=1S/C11H13ClFN/c1-7-5-8(12)6-9(10(7)13)11(14)3-2-4-11/h5-6H,2-4,14H2,1H3. The number of rotatable bonds is 1. The quantitative estimate of drug-likeness (QED) is 0.762. The van der Waals surface area contributed by atoms with Crippen LogP contribution in [0, 0.1) is 12.7 Å². The molecule has 1 saturated carbocycles. The smallest absolute Gasteiger partial charge is 0.131 e. The van der Waals surface area contributed by atoms with E-state index in [4.69, 9.17) is 17.3 Å². The molecule has 2 rings (SSSR count). The van der Waals surface area contributed by atoms with Crippen LogP contribution in [0.4, 0.5) is 4.39 Å². The minimum atomic E-state index is -0.472. The van der Waals surface area contributed by atoms with Gasteiger partial charge in [-0.2, -0.15) is 0 Å². The first-order valence-electron chi connectivity index (χ1n) is 4.78. The lowest BCUT2D eigenvalue weighted by Gasteiger charge is -2.39. The van der Waals surface area contributed by atoms with E-state index in [-0.39, 0.29) is 5.82 Å². The Kier molecular flexibility index (Phi) is 2.28. The Hall–Kier alpha value is -0.600. The van der Waals surface area contributed by atoms with Crippen molar-refractivity contribution in [2.45, 2.75) is 31.7 Å².